The zero-order valence-electron chi connectivity index (χ0n) is 5.16. The standard InChI is InChI=1S/C6H6BrN3/c7-5-1-2-6-8-4-9-10(6)3-5/h1-4,6H,(H,8,9)/t6-/m0/s1. The summed E-state index contributed by atoms with van der Waals surface area (Å²) in [6.45, 7) is 0. The zero-order chi connectivity index (χ0) is 6.97. The molecule has 1 N–H and O–H groups in total. The Hall–Kier alpha value is -0.770. The summed E-state index contributed by atoms with van der Waals surface area (Å²) < 4.78 is 1.06. The van der Waals surface area contributed by atoms with Gasteiger partial charge in [-0.2, -0.15) is 0 Å². The first kappa shape index (κ1) is 5.97. The van der Waals surface area contributed by atoms with Gasteiger partial charge in [0.1, 0.15) is 6.34 Å². The van der Waals surface area contributed by atoms with E-state index >= 15 is 0 Å². The lowest BCUT2D eigenvalue weighted by atomic mass is 10.3. The van der Waals surface area contributed by atoms with Crippen LogP contribution in [0.1, 0.15) is 0 Å². The molecule has 0 fully saturated rings. The van der Waals surface area contributed by atoms with E-state index in [1.54, 1.807) is 6.34 Å². The molecule has 4 heteroatoms. The summed E-state index contributed by atoms with van der Waals surface area (Å²) in [6.07, 6.45) is 7.81. The van der Waals surface area contributed by atoms with E-state index < -0.39 is 0 Å². The fourth-order valence-electron chi connectivity index (χ4n) is 0.934. The molecule has 0 aromatic rings. The van der Waals surface area contributed by atoms with Crippen molar-refractivity contribution >= 4 is 22.3 Å². The van der Waals surface area contributed by atoms with Gasteiger partial charge in [-0.25, -0.2) is 4.99 Å². The van der Waals surface area contributed by atoms with Gasteiger partial charge in [0.05, 0.1) is 0 Å². The van der Waals surface area contributed by atoms with Gasteiger partial charge in [-0.15, -0.1) is 0 Å². The second kappa shape index (κ2) is 2.12. The number of nitrogens with zero attached hydrogens (tertiary/aromatic N) is 2. The Bertz CT molecular complexity index is 231. The zero-order valence-corrected chi connectivity index (χ0v) is 6.75. The second-order valence-electron chi connectivity index (χ2n) is 2.10. The number of allylic oxidation sites excluding steroid dienone is 2. The summed E-state index contributed by atoms with van der Waals surface area (Å²) in [5.74, 6) is 0. The highest BCUT2D eigenvalue weighted by atomic mass is 79.9. The minimum atomic E-state index is 0.154. The van der Waals surface area contributed by atoms with Crippen molar-refractivity contribution < 1.29 is 0 Å². The van der Waals surface area contributed by atoms with Crippen molar-refractivity contribution in [1.82, 2.24) is 10.4 Å². The van der Waals surface area contributed by atoms with Crippen LogP contribution < -0.4 is 5.43 Å². The topological polar surface area (TPSA) is 27.6 Å². The SMILES string of the molecule is BrC1=CN2NC=N[C@@H]2C=C1. The molecule has 2 aliphatic rings. The predicted octanol–water partition coefficient (Wildman–Crippen LogP) is 0.967. The molecule has 0 saturated heterocycles. The molecule has 2 rings (SSSR count). The minimum absolute atomic E-state index is 0.154. The van der Waals surface area contributed by atoms with E-state index in [-0.39, 0.29) is 6.17 Å². The molecule has 2 heterocycles. The fraction of sp³-hybridized carbons (Fsp3) is 0.167. The van der Waals surface area contributed by atoms with Crippen molar-refractivity contribution in [2.75, 3.05) is 0 Å². The largest absolute Gasteiger partial charge is 0.286 e. The smallest absolute Gasteiger partial charge is 0.160 e. The molecule has 0 aromatic heterocycles. The molecule has 0 bridgehead atoms. The van der Waals surface area contributed by atoms with Crippen LogP contribution in [0.15, 0.2) is 27.8 Å². The highest BCUT2D eigenvalue weighted by Gasteiger charge is 2.17. The predicted molar refractivity (Wildman–Crippen MR) is 43.4 cm³/mol. The van der Waals surface area contributed by atoms with Gasteiger partial charge in [0.15, 0.2) is 6.17 Å². The van der Waals surface area contributed by atoms with Crippen LogP contribution in [0.5, 0.6) is 0 Å². The first-order valence-electron chi connectivity index (χ1n) is 2.98. The molecule has 2 aliphatic heterocycles. The van der Waals surface area contributed by atoms with Crippen LogP contribution >= 0.6 is 15.9 Å². The number of hydrogen-bond acceptors (Lipinski definition) is 3. The van der Waals surface area contributed by atoms with Crippen LogP contribution in [0.3, 0.4) is 0 Å². The monoisotopic (exact) mass is 199 g/mol. The van der Waals surface area contributed by atoms with Crippen molar-refractivity contribution in [2.24, 2.45) is 4.99 Å². The van der Waals surface area contributed by atoms with Crippen molar-refractivity contribution in [3.8, 4) is 0 Å². The second-order valence-corrected chi connectivity index (χ2v) is 3.02. The summed E-state index contributed by atoms with van der Waals surface area (Å²) in [6, 6.07) is 0. The number of rotatable bonds is 0. The fourth-order valence-corrected chi connectivity index (χ4v) is 1.31. The Morgan fingerprint density at radius 1 is 1.70 bits per heavy atom. The number of aliphatic imine (C=N–C) groups is 1. The summed E-state index contributed by atoms with van der Waals surface area (Å²) in [5.41, 5.74) is 2.97. The lowest BCUT2D eigenvalue weighted by Crippen LogP contribution is -2.33. The van der Waals surface area contributed by atoms with E-state index in [0.29, 0.717) is 0 Å². The maximum atomic E-state index is 4.13. The van der Waals surface area contributed by atoms with E-state index in [1.807, 2.05) is 23.4 Å². The van der Waals surface area contributed by atoms with Gasteiger partial charge >= 0.3 is 0 Å². The molecule has 1 atom stereocenters. The van der Waals surface area contributed by atoms with E-state index in [2.05, 4.69) is 26.3 Å². The van der Waals surface area contributed by atoms with E-state index in [9.17, 15) is 0 Å². The van der Waals surface area contributed by atoms with Gasteiger partial charge in [-0.3, -0.25) is 10.4 Å². The average molecular weight is 200 g/mol. The van der Waals surface area contributed by atoms with Gasteiger partial charge < -0.3 is 0 Å². The third-order valence-electron chi connectivity index (χ3n) is 1.41. The van der Waals surface area contributed by atoms with Crippen LogP contribution in [0, 0.1) is 0 Å². The summed E-state index contributed by atoms with van der Waals surface area (Å²) >= 11 is 3.36. The molecule has 0 aliphatic carbocycles. The highest BCUT2D eigenvalue weighted by molar-refractivity contribution is 9.11. The van der Waals surface area contributed by atoms with Gasteiger partial charge in [0.25, 0.3) is 0 Å². The molecule has 3 nitrogen and oxygen atoms in total. The summed E-state index contributed by atoms with van der Waals surface area (Å²) in [5, 5.41) is 1.92. The summed E-state index contributed by atoms with van der Waals surface area (Å²) in [7, 11) is 0. The first-order chi connectivity index (χ1) is 4.86. The van der Waals surface area contributed by atoms with E-state index in [0.717, 1.165) is 4.48 Å². The Labute approximate surface area is 67.2 Å². The van der Waals surface area contributed by atoms with Gasteiger partial charge in [-0.05, 0) is 28.1 Å². The molecule has 0 amide bonds. The number of hydrogen-bond donors (Lipinski definition) is 1. The van der Waals surface area contributed by atoms with Crippen molar-refractivity contribution in [1.29, 1.82) is 0 Å². The number of nitrogens with one attached hydrogen (secondary N) is 1. The molecule has 0 aromatic carbocycles. The van der Waals surface area contributed by atoms with Crippen molar-refractivity contribution in [2.45, 2.75) is 6.17 Å². The Balaban J connectivity index is 2.25. The van der Waals surface area contributed by atoms with E-state index in [4.69, 9.17) is 0 Å². The average Bonchev–Trinajstić information content (AvgIpc) is 2.33. The molecule has 0 saturated carbocycles. The van der Waals surface area contributed by atoms with Crippen LogP contribution in [0.25, 0.3) is 0 Å². The van der Waals surface area contributed by atoms with Crippen molar-refractivity contribution in [3.05, 3.63) is 22.8 Å². The number of hydrazine groups is 1. The van der Waals surface area contributed by atoms with Crippen LogP contribution in [0.4, 0.5) is 0 Å². The first-order valence-corrected chi connectivity index (χ1v) is 3.77. The summed E-state index contributed by atoms with van der Waals surface area (Å²) in [4.78, 5) is 4.13. The Morgan fingerprint density at radius 3 is 3.50 bits per heavy atom. The van der Waals surface area contributed by atoms with E-state index in [1.165, 1.54) is 0 Å². The van der Waals surface area contributed by atoms with Crippen LogP contribution in [0.2, 0.25) is 0 Å². The van der Waals surface area contributed by atoms with Gasteiger partial charge in [0.2, 0.25) is 0 Å². The Morgan fingerprint density at radius 2 is 2.60 bits per heavy atom. The highest BCUT2D eigenvalue weighted by Crippen LogP contribution is 2.18. The molecule has 52 valence electrons. The third-order valence-corrected chi connectivity index (χ3v) is 1.88. The maximum Gasteiger partial charge on any atom is 0.160 e. The molecule has 0 unspecified atom stereocenters. The van der Waals surface area contributed by atoms with Gasteiger partial charge in [-0.1, -0.05) is 0 Å². The Kier molecular flexibility index (Phi) is 1.27. The number of fused-ring (bicyclic) bond motifs is 1. The van der Waals surface area contributed by atoms with Crippen molar-refractivity contribution in [3.63, 3.8) is 0 Å². The molecule has 0 radical (unpaired) electrons. The molecule has 0 spiro atoms. The minimum Gasteiger partial charge on any atom is -0.286 e. The lowest BCUT2D eigenvalue weighted by molar-refractivity contribution is 0.315. The lowest BCUT2D eigenvalue weighted by Gasteiger charge is -2.21. The van der Waals surface area contributed by atoms with Gasteiger partial charge in [0, 0.05) is 10.7 Å². The maximum absolute atomic E-state index is 4.13. The quantitative estimate of drug-likeness (QED) is 0.630. The third kappa shape index (κ3) is 0.844. The molecular formula is C6H6BrN3. The van der Waals surface area contributed by atoms with Crippen LogP contribution in [-0.4, -0.2) is 17.5 Å². The normalized spacial score (nSPS) is 27.9. The molecular weight excluding hydrogens is 194 g/mol. The molecule has 10 heavy (non-hydrogen) atoms. The number of halogens is 1. The van der Waals surface area contributed by atoms with Crippen LogP contribution in [-0.2, 0) is 0 Å².